The maximum Gasteiger partial charge on any atom is 0.261 e. The number of hydrogen-bond acceptors (Lipinski definition) is 6. The molecule has 142 valence electrons. The molecule has 3 heterocycles. The highest BCUT2D eigenvalue weighted by atomic mass is 32.1. The third-order valence-electron chi connectivity index (χ3n) is 4.51. The van der Waals surface area contributed by atoms with Crippen LogP contribution in [0.3, 0.4) is 0 Å². The molecule has 7 heteroatoms. The van der Waals surface area contributed by atoms with Gasteiger partial charge in [-0.25, -0.2) is 0 Å². The standard InChI is InChI=1S/C19H26N2O4S/c1-2-24-11-9-20-19(23)18-8-7-17(26-18)16-4-3-10-21(16)12-14-5-6-15(13-22)25-14/h5-8,16,22H,2-4,9-13H2,1H3,(H,20,23). The number of hydrogen-bond donors (Lipinski definition) is 2. The molecule has 0 saturated carbocycles. The first-order valence-electron chi connectivity index (χ1n) is 9.09. The van der Waals surface area contributed by atoms with Crippen LogP contribution in [0.4, 0.5) is 0 Å². The number of thiophene rings is 1. The molecule has 1 unspecified atom stereocenters. The van der Waals surface area contributed by atoms with Crippen molar-refractivity contribution in [3.05, 3.63) is 45.5 Å². The van der Waals surface area contributed by atoms with Gasteiger partial charge in [0.05, 0.1) is 18.0 Å². The third-order valence-corrected chi connectivity index (χ3v) is 5.70. The Morgan fingerprint density at radius 1 is 1.38 bits per heavy atom. The van der Waals surface area contributed by atoms with Crippen LogP contribution in [0.1, 0.15) is 51.9 Å². The van der Waals surface area contributed by atoms with Gasteiger partial charge in [0.2, 0.25) is 0 Å². The van der Waals surface area contributed by atoms with Crippen LogP contribution in [-0.2, 0) is 17.9 Å². The Hall–Kier alpha value is -1.67. The second-order valence-electron chi connectivity index (χ2n) is 6.31. The van der Waals surface area contributed by atoms with Crippen molar-refractivity contribution in [2.45, 2.75) is 39.0 Å². The first kappa shape index (κ1) is 19.1. The van der Waals surface area contributed by atoms with E-state index in [0.717, 1.165) is 36.6 Å². The van der Waals surface area contributed by atoms with E-state index < -0.39 is 0 Å². The first-order valence-corrected chi connectivity index (χ1v) is 9.91. The molecule has 1 aliphatic rings. The number of nitrogens with one attached hydrogen (secondary N) is 1. The molecule has 2 aromatic heterocycles. The zero-order valence-corrected chi connectivity index (χ0v) is 15.9. The highest BCUT2D eigenvalue weighted by molar-refractivity contribution is 7.14. The van der Waals surface area contributed by atoms with Crippen LogP contribution in [0.15, 0.2) is 28.7 Å². The Morgan fingerprint density at radius 2 is 2.23 bits per heavy atom. The van der Waals surface area contributed by atoms with E-state index >= 15 is 0 Å². The van der Waals surface area contributed by atoms with E-state index in [2.05, 4.69) is 16.3 Å². The number of carbonyl (C=O) groups excluding carboxylic acids is 1. The average molecular weight is 378 g/mol. The van der Waals surface area contributed by atoms with E-state index in [0.29, 0.717) is 31.6 Å². The molecule has 3 rings (SSSR count). The smallest absolute Gasteiger partial charge is 0.261 e. The summed E-state index contributed by atoms with van der Waals surface area (Å²) in [6.45, 7) is 5.32. The third kappa shape index (κ3) is 4.73. The van der Waals surface area contributed by atoms with Gasteiger partial charge in [-0.3, -0.25) is 9.69 Å². The lowest BCUT2D eigenvalue weighted by atomic mass is 10.2. The van der Waals surface area contributed by atoms with Crippen molar-refractivity contribution in [3.63, 3.8) is 0 Å². The molecule has 2 aromatic rings. The van der Waals surface area contributed by atoms with Crippen molar-refractivity contribution >= 4 is 17.2 Å². The molecule has 1 aliphatic heterocycles. The summed E-state index contributed by atoms with van der Waals surface area (Å²) in [4.78, 5) is 16.6. The first-order chi connectivity index (χ1) is 12.7. The molecular formula is C19H26N2O4S. The van der Waals surface area contributed by atoms with Gasteiger partial charge in [-0.2, -0.15) is 0 Å². The van der Waals surface area contributed by atoms with Crippen molar-refractivity contribution in [3.8, 4) is 0 Å². The summed E-state index contributed by atoms with van der Waals surface area (Å²) in [6, 6.07) is 8.02. The number of nitrogens with zero attached hydrogens (tertiary/aromatic N) is 1. The number of aliphatic hydroxyl groups excluding tert-OH is 1. The highest BCUT2D eigenvalue weighted by Crippen LogP contribution is 2.37. The summed E-state index contributed by atoms with van der Waals surface area (Å²) in [6.07, 6.45) is 2.21. The fourth-order valence-corrected chi connectivity index (χ4v) is 4.35. The van der Waals surface area contributed by atoms with Gasteiger partial charge in [-0.15, -0.1) is 11.3 Å². The lowest BCUT2D eigenvalue weighted by Gasteiger charge is -2.22. The molecule has 2 N–H and O–H groups in total. The van der Waals surface area contributed by atoms with Gasteiger partial charge in [0.25, 0.3) is 5.91 Å². The molecule has 1 amide bonds. The summed E-state index contributed by atoms with van der Waals surface area (Å²) in [7, 11) is 0. The molecule has 1 fully saturated rings. The van der Waals surface area contributed by atoms with Crippen molar-refractivity contribution < 1.29 is 19.1 Å². The van der Waals surface area contributed by atoms with Crippen LogP contribution in [0.25, 0.3) is 0 Å². The minimum Gasteiger partial charge on any atom is -0.462 e. The van der Waals surface area contributed by atoms with Crippen LogP contribution in [0, 0.1) is 0 Å². The van der Waals surface area contributed by atoms with Crippen LogP contribution in [0.5, 0.6) is 0 Å². The van der Waals surface area contributed by atoms with Gasteiger partial charge >= 0.3 is 0 Å². The summed E-state index contributed by atoms with van der Waals surface area (Å²) in [5, 5.41) is 12.0. The zero-order chi connectivity index (χ0) is 18.4. The van der Waals surface area contributed by atoms with Crippen LogP contribution < -0.4 is 5.32 Å². The van der Waals surface area contributed by atoms with Gasteiger partial charge in [0.15, 0.2) is 0 Å². The SMILES string of the molecule is CCOCCNC(=O)c1ccc(C2CCCN2Cc2ccc(CO)o2)s1. The Labute approximate surface area is 157 Å². The lowest BCUT2D eigenvalue weighted by molar-refractivity contribution is 0.0926. The number of ether oxygens (including phenoxy) is 1. The molecular weight excluding hydrogens is 352 g/mol. The molecule has 0 aliphatic carbocycles. The van der Waals surface area contributed by atoms with Crippen molar-refractivity contribution in [2.24, 2.45) is 0 Å². The molecule has 1 atom stereocenters. The molecule has 0 bridgehead atoms. The summed E-state index contributed by atoms with van der Waals surface area (Å²) in [5.41, 5.74) is 0. The van der Waals surface area contributed by atoms with Crippen molar-refractivity contribution in [2.75, 3.05) is 26.3 Å². The fourth-order valence-electron chi connectivity index (χ4n) is 3.25. The van der Waals surface area contributed by atoms with Crippen molar-refractivity contribution in [1.29, 1.82) is 0 Å². The summed E-state index contributed by atoms with van der Waals surface area (Å²) < 4.78 is 10.9. The number of amides is 1. The molecule has 26 heavy (non-hydrogen) atoms. The Bertz CT molecular complexity index is 712. The maximum atomic E-state index is 12.2. The monoisotopic (exact) mass is 378 g/mol. The summed E-state index contributed by atoms with van der Waals surface area (Å²) >= 11 is 1.56. The van der Waals surface area contributed by atoms with Gasteiger partial charge in [0, 0.05) is 24.1 Å². The van der Waals surface area contributed by atoms with Crippen LogP contribution in [0.2, 0.25) is 0 Å². The molecule has 1 saturated heterocycles. The predicted octanol–water partition coefficient (Wildman–Crippen LogP) is 2.94. The Balaban J connectivity index is 1.59. The van der Waals surface area contributed by atoms with Gasteiger partial charge in [0.1, 0.15) is 18.1 Å². The number of likely N-dealkylation sites (tertiary alicyclic amines) is 1. The minimum atomic E-state index is -0.0733. The lowest BCUT2D eigenvalue weighted by Crippen LogP contribution is -2.26. The quantitative estimate of drug-likeness (QED) is 0.656. The van der Waals surface area contributed by atoms with E-state index in [1.807, 2.05) is 25.1 Å². The van der Waals surface area contributed by atoms with E-state index in [1.54, 1.807) is 11.3 Å². The molecule has 0 radical (unpaired) electrons. The van der Waals surface area contributed by atoms with E-state index in [4.69, 9.17) is 14.3 Å². The van der Waals surface area contributed by atoms with Crippen molar-refractivity contribution in [1.82, 2.24) is 10.2 Å². The summed E-state index contributed by atoms with van der Waals surface area (Å²) in [5.74, 6) is 1.42. The van der Waals surface area contributed by atoms with E-state index in [-0.39, 0.29) is 12.5 Å². The van der Waals surface area contributed by atoms with E-state index in [9.17, 15) is 4.79 Å². The number of aliphatic hydroxyl groups is 1. The van der Waals surface area contributed by atoms with Crippen LogP contribution >= 0.6 is 11.3 Å². The van der Waals surface area contributed by atoms with Gasteiger partial charge in [-0.1, -0.05) is 0 Å². The highest BCUT2D eigenvalue weighted by Gasteiger charge is 2.28. The Kier molecular flexibility index (Phi) is 6.85. The normalized spacial score (nSPS) is 17.7. The average Bonchev–Trinajstić information content (AvgIpc) is 3.38. The second-order valence-corrected chi connectivity index (χ2v) is 7.42. The van der Waals surface area contributed by atoms with E-state index in [1.165, 1.54) is 4.88 Å². The minimum absolute atomic E-state index is 0.0378. The second kappa shape index (κ2) is 9.32. The topological polar surface area (TPSA) is 74.9 Å². The number of furan rings is 1. The van der Waals surface area contributed by atoms with Crippen LogP contribution in [-0.4, -0.2) is 42.2 Å². The van der Waals surface area contributed by atoms with Gasteiger partial charge < -0.3 is 19.6 Å². The molecule has 0 aromatic carbocycles. The number of carbonyl (C=O) groups is 1. The molecule has 0 spiro atoms. The zero-order valence-electron chi connectivity index (χ0n) is 15.1. The number of rotatable bonds is 9. The van der Waals surface area contributed by atoms with Gasteiger partial charge in [-0.05, 0) is 50.6 Å². The molecule has 6 nitrogen and oxygen atoms in total. The largest absolute Gasteiger partial charge is 0.462 e. The Morgan fingerprint density at radius 3 is 3.00 bits per heavy atom. The predicted molar refractivity (Wildman–Crippen MR) is 100 cm³/mol. The fraction of sp³-hybridized carbons (Fsp3) is 0.526. The maximum absolute atomic E-state index is 12.2.